The van der Waals surface area contributed by atoms with E-state index < -0.39 is 10.0 Å². The summed E-state index contributed by atoms with van der Waals surface area (Å²) in [6.07, 6.45) is 0.849. The SMILES string of the molecule is CNS(=O)(=O)c1ccc2c(c1)OC(C)(C)C[C@@H]2c1ccccc1. The van der Waals surface area contributed by atoms with Crippen LogP contribution in [0.1, 0.15) is 37.3 Å². The molecule has 4 nitrogen and oxygen atoms in total. The van der Waals surface area contributed by atoms with Gasteiger partial charge in [0.1, 0.15) is 11.4 Å². The molecule has 0 aromatic heterocycles. The molecule has 0 unspecified atom stereocenters. The highest BCUT2D eigenvalue weighted by atomic mass is 32.2. The van der Waals surface area contributed by atoms with Crippen LogP contribution < -0.4 is 9.46 Å². The first-order valence-corrected chi connectivity index (χ1v) is 9.12. The van der Waals surface area contributed by atoms with Gasteiger partial charge in [-0.15, -0.1) is 0 Å². The van der Waals surface area contributed by atoms with E-state index in [0.29, 0.717) is 5.75 Å². The summed E-state index contributed by atoms with van der Waals surface area (Å²) < 4.78 is 32.5. The second kappa shape index (κ2) is 5.65. The zero-order valence-corrected chi connectivity index (χ0v) is 14.4. The Morgan fingerprint density at radius 1 is 1.13 bits per heavy atom. The van der Waals surface area contributed by atoms with Crippen molar-refractivity contribution in [3.63, 3.8) is 0 Å². The number of hydrogen-bond acceptors (Lipinski definition) is 3. The first-order valence-electron chi connectivity index (χ1n) is 7.64. The first kappa shape index (κ1) is 16.0. The van der Waals surface area contributed by atoms with Crippen molar-refractivity contribution in [2.75, 3.05) is 7.05 Å². The smallest absolute Gasteiger partial charge is 0.240 e. The molecule has 0 fully saturated rings. The molecule has 2 aromatic rings. The Bertz CT molecular complexity index is 813. The van der Waals surface area contributed by atoms with Gasteiger partial charge in [-0.1, -0.05) is 36.4 Å². The van der Waals surface area contributed by atoms with Crippen molar-refractivity contribution < 1.29 is 13.2 Å². The third-order valence-electron chi connectivity index (χ3n) is 4.22. The van der Waals surface area contributed by atoms with Crippen molar-refractivity contribution in [3.05, 3.63) is 59.7 Å². The highest BCUT2D eigenvalue weighted by Crippen LogP contribution is 2.44. The molecule has 0 amide bonds. The van der Waals surface area contributed by atoms with E-state index in [9.17, 15) is 8.42 Å². The predicted octanol–water partition coefficient (Wildman–Crippen LogP) is 3.29. The fraction of sp³-hybridized carbons (Fsp3) is 0.333. The highest BCUT2D eigenvalue weighted by molar-refractivity contribution is 7.89. The zero-order valence-electron chi connectivity index (χ0n) is 13.5. The lowest BCUT2D eigenvalue weighted by Gasteiger charge is -2.38. The van der Waals surface area contributed by atoms with Crippen molar-refractivity contribution in [2.45, 2.75) is 36.7 Å². The number of benzene rings is 2. The van der Waals surface area contributed by atoms with Crippen LogP contribution in [0, 0.1) is 0 Å². The fourth-order valence-corrected chi connectivity index (χ4v) is 3.84. The maximum atomic E-state index is 12.0. The molecule has 0 bridgehead atoms. The van der Waals surface area contributed by atoms with Gasteiger partial charge in [-0.25, -0.2) is 13.1 Å². The van der Waals surface area contributed by atoms with Crippen LogP contribution in [0.15, 0.2) is 53.4 Å². The largest absolute Gasteiger partial charge is 0.487 e. The van der Waals surface area contributed by atoms with Crippen LogP contribution >= 0.6 is 0 Å². The number of ether oxygens (including phenoxy) is 1. The lowest BCUT2D eigenvalue weighted by Crippen LogP contribution is -2.35. The maximum absolute atomic E-state index is 12.0. The van der Waals surface area contributed by atoms with E-state index in [1.165, 1.54) is 12.6 Å². The Morgan fingerprint density at radius 2 is 1.83 bits per heavy atom. The standard InChI is InChI=1S/C18H21NO3S/c1-18(2)12-16(13-7-5-4-6-8-13)15-10-9-14(11-17(15)22-18)23(20,21)19-3/h4-11,16,19H,12H2,1-3H3/t16-/m1/s1. The molecule has 1 heterocycles. The van der Waals surface area contributed by atoms with Gasteiger partial charge in [0.05, 0.1) is 4.90 Å². The Morgan fingerprint density at radius 3 is 2.48 bits per heavy atom. The van der Waals surface area contributed by atoms with Gasteiger partial charge in [-0.3, -0.25) is 0 Å². The van der Waals surface area contributed by atoms with Gasteiger partial charge in [-0.05, 0) is 38.9 Å². The predicted molar refractivity (Wildman–Crippen MR) is 90.3 cm³/mol. The summed E-state index contributed by atoms with van der Waals surface area (Å²) in [6, 6.07) is 15.4. The molecule has 1 N–H and O–H groups in total. The van der Waals surface area contributed by atoms with Gasteiger partial charge in [0.2, 0.25) is 10.0 Å². The molecule has 3 rings (SSSR count). The molecule has 122 valence electrons. The second-order valence-corrected chi connectivity index (χ2v) is 8.32. The maximum Gasteiger partial charge on any atom is 0.240 e. The third kappa shape index (κ3) is 3.12. The van der Waals surface area contributed by atoms with Gasteiger partial charge in [0.15, 0.2) is 0 Å². The summed E-state index contributed by atoms with van der Waals surface area (Å²) >= 11 is 0. The van der Waals surface area contributed by atoms with E-state index in [1.807, 2.05) is 38.1 Å². The molecule has 0 radical (unpaired) electrons. The lowest BCUT2D eigenvalue weighted by atomic mass is 9.80. The Hall–Kier alpha value is -1.85. The van der Waals surface area contributed by atoms with Crippen LogP contribution in [0.3, 0.4) is 0 Å². The molecule has 2 aromatic carbocycles. The minimum absolute atomic E-state index is 0.196. The second-order valence-electron chi connectivity index (χ2n) is 6.44. The Kier molecular flexibility index (Phi) is 3.94. The zero-order chi connectivity index (χ0) is 16.7. The number of nitrogens with one attached hydrogen (secondary N) is 1. The van der Waals surface area contributed by atoms with Gasteiger partial charge in [0.25, 0.3) is 0 Å². The van der Waals surface area contributed by atoms with Crippen LogP contribution in [0.4, 0.5) is 0 Å². The molecule has 0 saturated heterocycles. The summed E-state index contributed by atoms with van der Waals surface area (Å²) in [5.41, 5.74) is 1.90. The molecule has 0 aliphatic carbocycles. The van der Waals surface area contributed by atoms with E-state index in [-0.39, 0.29) is 16.4 Å². The van der Waals surface area contributed by atoms with Crippen LogP contribution in [-0.2, 0) is 10.0 Å². The highest BCUT2D eigenvalue weighted by Gasteiger charge is 2.35. The molecule has 1 aliphatic heterocycles. The normalized spacial score (nSPS) is 19.7. The monoisotopic (exact) mass is 331 g/mol. The molecule has 5 heteroatoms. The van der Waals surface area contributed by atoms with Crippen molar-refractivity contribution in [1.29, 1.82) is 0 Å². The number of rotatable bonds is 3. The molecule has 23 heavy (non-hydrogen) atoms. The molecular weight excluding hydrogens is 310 g/mol. The van der Waals surface area contributed by atoms with Crippen molar-refractivity contribution >= 4 is 10.0 Å². The minimum atomic E-state index is -3.48. The van der Waals surface area contributed by atoms with Gasteiger partial charge in [0, 0.05) is 17.5 Å². The summed E-state index contributed by atoms with van der Waals surface area (Å²) in [4.78, 5) is 0.225. The van der Waals surface area contributed by atoms with E-state index in [2.05, 4.69) is 16.9 Å². The summed E-state index contributed by atoms with van der Waals surface area (Å²) in [5, 5.41) is 0. The third-order valence-corrected chi connectivity index (χ3v) is 5.64. The van der Waals surface area contributed by atoms with Gasteiger partial charge in [-0.2, -0.15) is 0 Å². The minimum Gasteiger partial charge on any atom is -0.487 e. The molecular formula is C18H21NO3S. The van der Waals surface area contributed by atoms with Gasteiger partial charge < -0.3 is 4.74 Å². The van der Waals surface area contributed by atoms with E-state index in [0.717, 1.165) is 12.0 Å². The Labute approximate surface area is 137 Å². The molecule has 0 saturated carbocycles. The summed E-state index contributed by atoms with van der Waals surface area (Å²) in [5.74, 6) is 0.840. The Balaban J connectivity index is 2.12. The van der Waals surface area contributed by atoms with Crippen molar-refractivity contribution in [1.82, 2.24) is 4.72 Å². The van der Waals surface area contributed by atoms with Crippen molar-refractivity contribution in [2.24, 2.45) is 0 Å². The number of fused-ring (bicyclic) bond motifs is 1. The topological polar surface area (TPSA) is 55.4 Å². The number of hydrogen-bond donors (Lipinski definition) is 1. The van der Waals surface area contributed by atoms with Crippen LogP contribution in [0.5, 0.6) is 5.75 Å². The molecule has 0 spiro atoms. The van der Waals surface area contributed by atoms with Crippen molar-refractivity contribution in [3.8, 4) is 5.75 Å². The van der Waals surface area contributed by atoms with Crippen LogP contribution in [0.2, 0.25) is 0 Å². The van der Waals surface area contributed by atoms with E-state index in [1.54, 1.807) is 12.1 Å². The van der Waals surface area contributed by atoms with E-state index in [4.69, 9.17) is 4.74 Å². The summed E-state index contributed by atoms with van der Waals surface area (Å²) in [6.45, 7) is 4.07. The average Bonchev–Trinajstić information content (AvgIpc) is 2.53. The quantitative estimate of drug-likeness (QED) is 0.939. The van der Waals surface area contributed by atoms with Crippen LogP contribution in [-0.4, -0.2) is 21.1 Å². The number of sulfonamides is 1. The summed E-state index contributed by atoms with van der Waals surface area (Å²) in [7, 11) is -2.07. The van der Waals surface area contributed by atoms with Crippen LogP contribution in [0.25, 0.3) is 0 Å². The first-order chi connectivity index (χ1) is 10.8. The van der Waals surface area contributed by atoms with Gasteiger partial charge >= 0.3 is 0 Å². The molecule has 1 aliphatic rings. The lowest BCUT2D eigenvalue weighted by molar-refractivity contribution is 0.0771. The molecule has 1 atom stereocenters. The van der Waals surface area contributed by atoms with E-state index >= 15 is 0 Å². The average molecular weight is 331 g/mol. The fourth-order valence-electron chi connectivity index (χ4n) is 3.10.